The van der Waals surface area contributed by atoms with Crippen molar-refractivity contribution in [2.24, 2.45) is 5.92 Å². The summed E-state index contributed by atoms with van der Waals surface area (Å²) in [6.07, 6.45) is 0.481. The van der Waals surface area contributed by atoms with Gasteiger partial charge in [-0.05, 0) is 30.0 Å². The van der Waals surface area contributed by atoms with Crippen molar-refractivity contribution in [3.05, 3.63) is 23.8 Å². The third-order valence-electron chi connectivity index (χ3n) is 3.15. The first-order valence-electron chi connectivity index (χ1n) is 7.10. The van der Waals surface area contributed by atoms with Crippen molar-refractivity contribution in [2.45, 2.75) is 32.7 Å². The minimum absolute atomic E-state index is 0.0855. The van der Waals surface area contributed by atoms with Crippen LogP contribution in [0, 0.1) is 5.92 Å². The first kappa shape index (κ1) is 17.8. The molecule has 1 amide bonds. The SMILES string of the molecule is COc1ccc(CC(=O)NC(CC(C)C)C(=O)O)cc1OC. The van der Waals surface area contributed by atoms with Crippen LogP contribution in [0.15, 0.2) is 18.2 Å². The Hall–Kier alpha value is -2.24. The van der Waals surface area contributed by atoms with Crippen molar-refractivity contribution in [2.75, 3.05) is 14.2 Å². The van der Waals surface area contributed by atoms with Gasteiger partial charge in [0, 0.05) is 0 Å². The van der Waals surface area contributed by atoms with E-state index in [0.29, 0.717) is 17.9 Å². The molecule has 0 aromatic heterocycles. The molecule has 0 fully saturated rings. The summed E-state index contributed by atoms with van der Waals surface area (Å²) in [6.45, 7) is 3.83. The summed E-state index contributed by atoms with van der Waals surface area (Å²) >= 11 is 0. The van der Waals surface area contributed by atoms with E-state index < -0.39 is 12.0 Å². The molecular weight excluding hydrogens is 286 g/mol. The number of hydrogen-bond donors (Lipinski definition) is 2. The Morgan fingerprint density at radius 1 is 1.18 bits per heavy atom. The lowest BCUT2D eigenvalue weighted by Crippen LogP contribution is -2.42. The Kier molecular flexibility index (Phi) is 6.69. The average Bonchev–Trinajstić information content (AvgIpc) is 2.45. The molecule has 0 spiro atoms. The van der Waals surface area contributed by atoms with Crippen LogP contribution < -0.4 is 14.8 Å². The maximum atomic E-state index is 12.0. The van der Waals surface area contributed by atoms with Crippen LogP contribution in [0.2, 0.25) is 0 Å². The summed E-state index contributed by atoms with van der Waals surface area (Å²) in [5.74, 6) is -0.0586. The highest BCUT2D eigenvalue weighted by molar-refractivity contribution is 5.84. The van der Waals surface area contributed by atoms with E-state index in [1.807, 2.05) is 13.8 Å². The third-order valence-corrected chi connectivity index (χ3v) is 3.15. The molecule has 0 saturated heterocycles. The van der Waals surface area contributed by atoms with Crippen LogP contribution in [0.25, 0.3) is 0 Å². The van der Waals surface area contributed by atoms with E-state index in [2.05, 4.69) is 5.32 Å². The molecule has 1 aromatic carbocycles. The molecule has 0 heterocycles. The largest absolute Gasteiger partial charge is 0.493 e. The molecule has 2 N–H and O–H groups in total. The van der Waals surface area contributed by atoms with E-state index in [1.165, 1.54) is 14.2 Å². The normalized spacial score (nSPS) is 11.9. The van der Waals surface area contributed by atoms with Crippen molar-refractivity contribution in [1.82, 2.24) is 5.32 Å². The fourth-order valence-corrected chi connectivity index (χ4v) is 2.11. The molecular formula is C16H23NO5. The number of carboxylic acids is 1. The van der Waals surface area contributed by atoms with E-state index in [0.717, 1.165) is 5.56 Å². The van der Waals surface area contributed by atoms with Crippen molar-refractivity contribution in [3.8, 4) is 11.5 Å². The first-order chi connectivity index (χ1) is 10.4. The zero-order chi connectivity index (χ0) is 16.7. The van der Waals surface area contributed by atoms with Gasteiger partial charge < -0.3 is 19.9 Å². The summed E-state index contributed by atoms with van der Waals surface area (Å²) in [4.78, 5) is 23.2. The average molecular weight is 309 g/mol. The number of methoxy groups -OCH3 is 2. The van der Waals surface area contributed by atoms with Gasteiger partial charge in [0.15, 0.2) is 11.5 Å². The summed E-state index contributed by atoms with van der Waals surface area (Å²) in [6, 6.07) is 4.30. The first-order valence-corrected chi connectivity index (χ1v) is 7.10. The Morgan fingerprint density at radius 3 is 2.32 bits per heavy atom. The number of hydrogen-bond acceptors (Lipinski definition) is 4. The molecule has 0 aliphatic carbocycles. The highest BCUT2D eigenvalue weighted by Crippen LogP contribution is 2.27. The fourth-order valence-electron chi connectivity index (χ4n) is 2.11. The number of nitrogens with one attached hydrogen (secondary N) is 1. The van der Waals surface area contributed by atoms with Crippen LogP contribution in [0.3, 0.4) is 0 Å². The zero-order valence-corrected chi connectivity index (χ0v) is 13.4. The lowest BCUT2D eigenvalue weighted by molar-refractivity contribution is -0.142. The molecule has 6 nitrogen and oxygen atoms in total. The Morgan fingerprint density at radius 2 is 1.82 bits per heavy atom. The molecule has 1 aromatic rings. The fraction of sp³-hybridized carbons (Fsp3) is 0.500. The maximum absolute atomic E-state index is 12.0. The van der Waals surface area contributed by atoms with Crippen LogP contribution >= 0.6 is 0 Å². The molecule has 0 aliphatic rings. The Labute approximate surface area is 130 Å². The number of rotatable bonds is 8. The van der Waals surface area contributed by atoms with Gasteiger partial charge >= 0.3 is 5.97 Å². The van der Waals surface area contributed by atoms with Crippen molar-refractivity contribution in [3.63, 3.8) is 0 Å². The van der Waals surface area contributed by atoms with Gasteiger partial charge in [0.25, 0.3) is 0 Å². The molecule has 0 radical (unpaired) electrons. The lowest BCUT2D eigenvalue weighted by atomic mass is 10.0. The maximum Gasteiger partial charge on any atom is 0.326 e. The van der Waals surface area contributed by atoms with Gasteiger partial charge in [-0.2, -0.15) is 0 Å². The summed E-state index contributed by atoms with van der Waals surface area (Å²) < 4.78 is 10.3. The number of amides is 1. The smallest absolute Gasteiger partial charge is 0.326 e. The molecule has 0 saturated carbocycles. The predicted molar refractivity (Wildman–Crippen MR) is 82.3 cm³/mol. The van der Waals surface area contributed by atoms with E-state index in [1.54, 1.807) is 18.2 Å². The summed E-state index contributed by atoms with van der Waals surface area (Å²) in [7, 11) is 3.05. The lowest BCUT2D eigenvalue weighted by Gasteiger charge is -2.16. The highest BCUT2D eigenvalue weighted by Gasteiger charge is 2.21. The van der Waals surface area contributed by atoms with Gasteiger partial charge in [-0.25, -0.2) is 4.79 Å². The Bertz CT molecular complexity index is 527. The molecule has 1 atom stereocenters. The summed E-state index contributed by atoms with van der Waals surface area (Å²) in [5, 5.41) is 11.7. The minimum atomic E-state index is -1.02. The molecule has 0 aliphatic heterocycles. The molecule has 122 valence electrons. The second-order valence-electron chi connectivity index (χ2n) is 5.45. The number of aliphatic carboxylic acids is 1. The quantitative estimate of drug-likeness (QED) is 0.765. The number of carboxylic acid groups (broad SMARTS) is 1. The highest BCUT2D eigenvalue weighted by atomic mass is 16.5. The van der Waals surface area contributed by atoms with Crippen molar-refractivity contribution >= 4 is 11.9 Å². The number of carbonyl (C=O) groups is 2. The van der Waals surface area contributed by atoms with Gasteiger partial charge in [-0.15, -0.1) is 0 Å². The van der Waals surface area contributed by atoms with E-state index in [4.69, 9.17) is 14.6 Å². The molecule has 1 rings (SSSR count). The van der Waals surface area contributed by atoms with Gasteiger partial charge in [0.2, 0.25) is 5.91 Å². The monoisotopic (exact) mass is 309 g/mol. The van der Waals surface area contributed by atoms with Crippen LogP contribution in [0.4, 0.5) is 0 Å². The topological polar surface area (TPSA) is 84.9 Å². The van der Waals surface area contributed by atoms with Crippen LogP contribution in [0.1, 0.15) is 25.8 Å². The van der Waals surface area contributed by atoms with E-state index >= 15 is 0 Å². The molecule has 0 bridgehead atoms. The molecule has 6 heteroatoms. The number of benzene rings is 1. The second-order valence-corrected chi connectivity index (χ2v) is 5.45. The third kappa shape index (κ3) is 5.27. The second kappa shape index (κ2) is 8.26. The standard InChI is InChI=1S/C16H23NO5/c1-10(2)7-12(16(19)20)17-15(18)9-11-5-6-13(21-3)14(8-11)22-4/h5-6,8,10,12H,7,9H2,1-4H3,(H,17,18)(H,19,20). The number of carbonyl (C=O) groups excluding carboxylic acids is 1. The minimum Gasteiger partial charge on any atom is -0.493 e. The Balaban J connectivity index is 2.73. The van der Waals surface area contributed by atoms with Crippen LogP contribution in [-0.2, 0) is 16.0 Å². The van der Waals surface area contributed by atoms with Crippen LogP contribution in [-0.4, -0.2) is 37.2 Å². The van der Waals surface area contributed by atoms with Gasteiger partial charge in [0.1, 0.15) is 6.04 Å². The van der Waals surface area contributed by atoms with Gasteiger partial charge in [-0.3, -0.25) is 4.79 Å². The molecule has 1 unspecified atom stereocenters. The van der Waals surface area contributed by atoms with Crippen molar-refractivity contribution in [1.29, 1.82) is 0 Å². The van der Waals surface area contributed by atoms with E-state index in [9.17, 15) is 9.59 Å². The summed E-state index contributed by atoms with van der Waals surface area (Å²) in [5.41, 5.74) is 0.726. The van der Waals surface area contributed by atoms with Gasteiger partial charge in [0.05, 0.1) is 20.6 Å². The van der Waals surface area contributed by atoms with Gasteiger partial charge in [-0.1, -0.05) is 19.9 Å². The van der Waals surface area contributed by atoms with Crippen molar-refractivity contribution < 1.29 is 24.2 Å². The van der Waals surface area contributed by atoms with Crippen LogP contribution in [0.5, 0.6) is 11.5 Å². The predicted octanol–water partition coefficient (Wildman–Crippen LogP) is 1.86. The number of ether oxygens (including phenoxy) is 2. The molecule has 22 heavy (non-hydrogen) atoms. The van der Waals surface area contributed by atoms with E-state index in [-0.39, 0.29) is 18.2 Å². The zero-order valence-electron chi connectivity index (χ0n) is 13.4.